The second kappa shape index (κ2) is 7.11. The molecule has 1 rings (SSSR count). The van der Waals surface area contributed by atoms with Gasteiger partial charge >= 0.3 is 0 Å². The molecule has 0 saturated carbocycles. The molecule has 6 nitrogen and oxygen atoms in total. The van der Waals surface area contributed by atoms with Gasteiger partial charge in [0, 0.05) is 10.0 Å². The van der Waals surface area contributed by atoms with E-state index in [1.165, 1.54) is 13.3 Å². The number of rotatable bonds is 4. The Morgan fingerprint density at radius 2 is 2.32 bits per heavy atom. The van der Waals surface area contributed by atoms with Gasteiger partial charge in [0.1, 0.15) is 6.42 Å². The Labute approximate surface area is 126 Å². The Bertz CT molecular complexity index is 567. The van der Waals surface area contributed by atoms with Crippen LogP contribution in [-0.4, -0.2) is 24.3 Å². The summed E-state index contributed by atoms with van der Waals surface area (Å²) in [6.07, 6.45) is 1.10. The number of hydrogen-bond donors (Lipinski definition) is 2. The van der Waals surface area contributed by atoms with Crippen LogP contribution in [0.1, 0.15) is 12.0 Å². The Kier molecular flexibility index (Phi) is 5.79. The lowest BCUT2D eigenvalue weighted by Crippen LogP contribution is -2.16. The molecule has 1 aromatic rings. The molecule has 0 unspecified atom stereocenters. The fourth-order valence-corrected chi connectivity index (χ4v) is 1.98. The van der Waals surface area contributed by atoms with Gasteiger partial charge in [0.15, 0.2) is 11.5 Å². The topological polar surface area (TPSA) is 94.7 Å². The standard InChI is InChI=1S/C11H9Br2N3O3/c1-19-7-4-6(9(12)10(13)11(7)18)5-15-16-8(17)2-3-14/h4-5,18H,2H2,1H3,(H,16,17)/b15-5+. The number of ether oxygens (including phenoxy) is 1. The monoisotopic (exact) mass is 389 g/mol. The largest absolute Gasteiger partial charge is 0.503 e. The molecule has 0 atom stereocenters. The maximum atomic E-state index is 11.0. The number of phenolic OH excluding ortho intramolecular Hbond substituents is 1. The predicted octanol–water partition coefficient (Wildman–Crippen LogP) is 2.29. The molecule has 2 N–H and O–H groups in total. The molecule has 0 fully saturated rings. The van der Waals surface area contributed by atoms with Crippen LogP contribution >= 0.6 is 31.9 Å². The quantitative estimate of drug-likeness (QED) is 0.609. The number of amides is 1. The summed E-state index contributed by atoms with van der Waals surface area (Å²) < 4.78 is 5.97. The summed E-state index contributed by atoms with van der Waals surface area (Å²) in [5.41, 5.74) is 2.78. The van der Waals surface area contributed by atoms with Crippen molar-refractivity contribution in [1.82, 2.24) is 5.43 Å². The SMILES string of the molecule is COc1cc(/C=N/NC(=O)CC#N)c(Br)c(Br)c1O. The molecule has 19 heavy (non-hydrogen) atoms. The van der Waals surface area contributed by atoms with Gasteiger partial charge in [-0.15, -0.1) is 0 Å². The van der Waals surface area contributed by atoms with E-state index >= 15 is 0 Å². The van der Waals surface area contributed by atoms with Gasteiger partial charge < -0.3 is 9.84 Å². The number of phenols is 1. The first-order valence-electron chi connectivity index (χ1n) is 4.95. The first kappa shape index (κ1) is 15.5. The van der Waals surface area contributed by atoms with E-state index in [0.29, 0.717) is 14.5 Å². The lowest BCUT2D eigenvalue weighted by Gasteiger charge is -2.09. The highest BCUT2D eigenvalue weighted by molar-refractivity contribution is 9.13. The number of nitrogens with zero attached hydrogens (tertiary/aromatic N) is 2. The predicted molar refractivity (Wildman–Crippen MR) is 76.0 cm³/mol. The average molecular weight is 391 g/mol. The van der Waals surface area contributed by atoms with Crippen LogP contribution in [0, 0.1) is 11.3 Å². The van der Waals surface area contributed by atoms with Gasteiger partial charge in [0.05, 0.1) is 23.9 Å². The number of aromatic hydroxyl groups is 1. The molecule has 0 bridgehead atoms. The summed E-state index contributed by atoms with van der Waals surface area (Å²) in [6.45, 7) is 0. The van der Waals surface area contributed by atoms with E-state index in [-0.39, 0.29) is 17.9 Å². The highest BCUT2D eigenvalue weighted by atomic mass is 79.9. The number of carbonyl (C=O) groups is 1. The van der Waals surface area contributed by atoms with Gasteiger partial charge in [-0.1, -0.05) is 0 Å². The Balaban J connectivity index is 2.96. The van der Waals surface area contributed by atoms with E-state index in [2.05, 4.69) is 42.4 Å². The van der Waals surface area contributed by atoms with E-state index in [1.807, 2.05) is 0 Å². The number of halogens is 2. The van der Waals surface area contributed by atoms with Crippen molar-refractivity contribution in [3.63, 3.8) is 0 Å². The lowest BCUT2D eigenvalue weighted by molar-refractivity contribution is -0.120. The summed E-state index contributed by atoms with van der Waals surface area (Å²) in [5, 5.41) is 21.7. The zero-order valence-electron chi connectivity index (χ0n) is 9.78. The van der Waals surface area contributed by atoms with E-state index in [9.17, 15) is 9.90 Å². The number of nitriles is 1. The van der Waals surface area contributed by atoms with E-state index in [1.54, 1.807) is 12.1 Å². The third kappa shape index (κ3) is 3.94. The maximum absolute atomic E-state index is 11.0. The van der Waals surface area contributed by atoms with Crippen LogP contribution < -0.4 is 10.2 Å². The minimum absolute atomic E-state index is 0.0416. The molecule has 0 aliphatic heterocycles. The highest BCUT2D eigenvalue weighted by Crippen LogP contribution is 2.41. The molecule has 100 valence electrons. The molecule has 0 radical (unpaired) electrons. The molecule has 8 heteroatoms. The van der Waals surface area contributed by atoms with Crippen molar-refractivity contribution >= 4 is 44.0 Å². The highest BCUT2D eigenvalue weighted by Gasteiger charge is 2.13. The molecule has 1 amide bonds. The summed E-state index contributed by atoms with van der Waals surface area (Å²) in [6, 6.07) is 3.25. The summed E-state index contributed by atoms with van der Waals surface area (Å²) in [7, 11) is 1.42. The minimum Gasteiger partial charge on any atom is -0.503 e. The molecule has 0 heterocycles. The Morgan fingerprint density at radius 3 is 2.89 bits per heavy atom. The van der Waals surface area contributed by atoms with Crippen molar-refractivity contribution < 1.29 is 14.6 Å². The Hall–Kier alpha value is -1.59. The fraction of sp³-hybridized carbons (Fsp3) is 0.182. The number of benzene rings is 1. The average Bonchev–Trinajstić information content (AvgIpc) is 2.39. The van der Waals surface area contributed by atoms with Gasteiger partial charge in [-0.25, -0.2) is 5.43 Å². The maximum Gasteiger partial charge on any atom is 0.254 e. The second-order valence-electron chi connectivity index (χ2n) is 3.27. The van der Waals surface area contributed by atoms with Crippen LogP contribution in [0.5, 0.6) is 11.5 Å². The normalized spacial score (nSPS) is 10.2. The van der Waals surface area contributed by atoms with Gasteiger partial charge in [-0.05, 0) is 37.9 Å². The third-order valence-corrected chi connectivity index (χ3v) is 4.18. The van der Waals surface area contributed by atoms with Gasteiger partial charge in [-0.3, -0.25) is 4.79 Å². The summed E-state index contributed by atoms with van der Waals surface area (Å²) in [5.74, 6) is -0.278. The van der Waals surface area contributed by atoms with Crippen LogP contribution in [0.25, 0.3) is 0 Å². The molecule has 0 spiro atoms. The molecular weight excluding hydrogens is 382 g/mol. The van der Waals surface area contributed by atoms with Crippen molar-refractivity contribution in [1.29, 1.82) is 5.26 Å². The number of hydrogen-bond acceptors (Lipinski definition) is 5. The van der Waals surface area contributed by atoms with Crippen molar-refractivity contribution in [3.05, 3.63) is 20.6 Å². The molecule has 0 saturated heterocycles. The van der Waals surface area contributed by atoms with Crippen LogP contribution in [0.4, 0.5) is 0 Å². The summed E-state index contributed by atoms with van der Waals surface area (Å²) in [4.78, 5) is 11.0. The van der Waals surface area contributed by atoms with Gasteiger partial charge in [0.25, 0.3) is 5.91 Å². The molecule has 1 aromatic carbocycles. The molecule has 0 aliphatic carbocycles. The van der Waals surface area contributed by atoms with Crippen molar-refractivity contribution in [2.75, 3.05) is 7.11 Å². The second-order valence-corrected chi connectivity index (χ2v) is 4.86. The van der Waals surface area contributed by atoms with E-state index in [4.69, 9.17) is 10.00 Å². The van der Waals surface area contributed by atoms with Crippen LogP contribution in [-0.2, 0) is 4.79 Å². The molecular formula is C11H9Br2N3O3. The van der Waals surface area contributed by atoms with Crippen LogP contribution in [0.15, 0.2) is 20.1 Å². The molecule has 0 aliphatic rings. The third-order valence-electron chi connectivity index (χ3n) is 2.03. The number of carbonyl (C=O) groups excluding carboxylic acids is 1. The number of nitrogens with one attached hydrogen (secondary N) is 1. The van der Waals surface area contributed by atoms with Gasteiger partial charge in [0.2, 0.25) is 0 Å². The van der Waals surface area contributed by atoms with Crippen molar-refractivity contribution in [2.24, 2.45) is 5.10 Å². The van der Waals surface area contributed by atoms with Gasteiger partial charge in [-0.2, -0.15) is 10.4 Å². The summed E-state index contributed by atoms with van der Waals surface area (Å²) >= 11 is 6.47. The molecule has 0 aromatic heterocycles. The minimum atomic E-state index is -0.500. The van der Waals surface area contributed by atoms with E-state index < -0.39 is 5.91 Å². The zero-order valence-corrected chi connectivity index (χ0v) is 12.9. The van der Waals surface area contributed by atoms with Crippen molar-refractivity contribution in [2.45, 2.75) is 6.42 Å². The fourth-order valence-electron chi connectivity index (χ4n) is 1.15. The lowest BCUT2D eigenvalue weighted by atomic mass is 10.2. The van der Waals surface area contributed by atoms with Crippen molar-refractivity contribution in [3.8, 4) is 17.6 Å². The van der Waals surface area contributed by atoms with Crippen LogP contribution in [0.3, 0.4) is 0 Å². The first-order chi connectivity index (χ1) is 9.01. The Morgan fingerprint density at radius 1 is 1.63 bits per heavy atom. The van der Waals surface area contributed by atoms with Crippen LogP contribution in [0.2, 0.25) is 0 Å². The smallest absolute Gasteiger partial charge is 0.254 e. The van der Waals surface area contributed by atoms with E-state index in [0.717, 1.165) is 0 Å². The first-order valence-corrected chi connectivity index (χ1v) is 6.53. The number of methoxy groups -OCH3 is 1. The zero-order chi connectivity index (χ0) is 14.4. The number of hydrazone groups is 1.